The molecule has 6 atom stereocenters. The normalized spacial score (nSPS) is 31.6. The molecule has 33 heavy (non-hydrogen) atoms. The molecule has 4 amide bonds. The van der Waals surface area contributed by atoms with Crippen molar-refractivity contribution in [3.63, 3.8) is 0 Å². The van der Waals surface area contributed by atoms with Crippen LogP contribution in [0.25, 0.3) is 0 Å². The first kappa shape index (κ1) is 24.0. The topological polar surface area (TPSA) is 108 Å². The minimum absolute atomic E-state index is 0.0260. The van der Waals surface area contributed by atoms with Gasteiger partial charge in [-0.1, -0.05) is 27.7 Å². The van der Waals surface area contributed by atoms with Gasteiger partial charge in [0, 0.05) is 31.0 Å². The smallest absolute Gasteiger partial charge is 0.245 e. The van der Waals surface area contributed by atoms with Gasteiger partial charge in [0.15, 0.2) is 0 Å². The zero-order valence-corrected chi connectivity index (χ0v) is 20.6. The fraction of sp³-hybridized carbons (Fsp3) is 0.840. The third-order valence-electron chi connectivity index (χ3n) is 8.22. The second kappa shape index (κ2) is 8.91. The zero-order chi connectivity index (χ0) is 24.1. The highest BCUT2D eigenvalue weighted by Crippen LogP contribution is 2.65. The van der Waals surface area contributed by atoms with Gasteiger partial charge in [0.1, 0.15) is 12.1 Å². The fourth-order valence-electron chi connectivity index (χ4n) is 6.03. The van der Waals surface area contributed by atoms with E-state index in [0.29, 0.717) is 31.8 Å². The highest BCUT2D eigenvalue weighted by atomic mass is 16.2. The van der Waals surface area contributed by atoms with E-state index < -0.39 is 12.1 Å². The van der Waals surface area contributed by atoms with Crippen LogP contribution in [0.4, 0.5) is 0 Å². The van der Waals surface area contributed by atoms with Crippen molar-refractivity contribution < 1.29 is 19.2 Å². The Morgan fingerprint density at radius 3 is 2.36 bits per heavy atom. The molecule has 0 spiro atoms. The largest absolute Gasteiger partial charge is 0.356 e. The van der Waals surface area contributed by atoms with Gasteiger partial charge in [-0.2, -0.15) is 0 Å². The van der Waals surface area contributed by atoms with Crippen molar-refractivity contribution in [2.45, 2.75) is 84.8 Å². The van der Waals surface area contributed by atoms with Crippen molar-refractivity contribution in [3.05, 3.63) is 0 Å². The second-order valence-electron chi connectivity index (χ2n) is 11.8. The van der Waals surface area contributed by atoms with Gasteiger partial charge in [-0.05, 0) is 62.2 Å². The highest BCUT2D eigenvalue weighted by Gasteiger charge is 2.69. The van der Waals surface area contributed by atoms with Crippen LogP contribution in [0.1, 0.15) is 66.7 Å². The van der Waals surface area contributed by atoms with Crippen LogP contribution in [-0.4, -0.2) is 59.7 Å². The summed E-state index contributed by atoms with van der Waals surface area (Å²) in [6.07, 6.45) is 3.73. The number of rotatable bonds is 9. The molecule has 0 aromatic heterocycles. The molecule has 2 aliphatic carbocycles. The van der Waals surface area contributed by atoms with Crippen LogP contribution in [0.3, 0.4) is 0 Å². The fourth-order valence-corrected chi connectivity index (χ4v) is 6.03. The Morgan fingerprint density at radius 2 is 1.79 bits per heavy atom. The van der Waals surface area contributed by atoms with Crippen molar-refractivity contribution in [1.82, 2.24) is 20.9 Å². The summed E-state index contributed by atoms with van der Waals surface area (Å²) in [6, 6.07) is -1.26. The number of fused-ring (bicyclic) bond motifs is 1. The summed E-state index contributed by atoms with van der Waals surface area (Å²) in [4.78, 5) is 53.2. The van der Waals surface area contributed by atoms with Crippen molar-refractivity contribution >= 4 is 23.6 Å². The summed E-state index contributed by atoms with van der Waals surface area (Å²) in [6.45, 7) is 11.6. The lowest BCUT2D eigenvalue weighted by Gasteiger charge is -2.34. The average Bonchev–Trinajstić information content (AvgIpc) is 3.54. The van der Waals surface area contributed by atoms with E-state index in [1.807, 2.05) is 20.8 Å². The lowest BCUT2D eigenvalue weighted by atomic mass is 9.96. The van der Waals surface area contributed by atoms with Crippen LogP contribution in [-0.2, 0) is 19.2 Å². The standard InChI is InChI=1S/C25H40N4O4/c1-13(2)10-18(28-22(31)15-6-7-15)24(33)29-12-17-19(25(17,4)5)20(29)23(32)27-14(3)11-16-8-9-26-21(16)30/h13-20H,6-12H2,1-5H3,(H,26,30)(H,27,32)(H,28,31)/t14-,16+,17+,18+,19+,20+/m1/s1. The second-order valence-corrected chi connectivity index (χ2v) is 11.8. The Balaban J connectivity index is 1.45. The predicted octanol–water partition coefficient (Wildman–Crippen LogP) is 1.44. The number of hydrogen-bond acceptors (Lipinski definition) is 4. The quantitative estimate of drug-likeness (QED) is 0.484. The molecule has 0 aromatic rings. The number of hydrogen-bond donors (Lipinski definition) is 3. The number of likely N-dealkylation sites (tertiary alicyclic amines) is 1. The van der Waals surface area contributed by atoms with E-state index in [1.165, 1.54) is 0 Å². The van der Waals surface area contributed by atoms with Gasteiger partial charge in [-0.15, -0.1) is 0 Å². The summed E-state index contributed by atoms with van der Waals surface area (Å²) < 4.78 is 0. The summed E-state index contributed by atoms with van der Waals surface area (Å²) >= 11 is 0. The molecule has 4 rings (SSSR count). The van der Waals surface area contributed by atoms with Gasteiger partial charge in [-0.25, -0.2) is 0 Å². The summed E-state index contributed by atoms with van der Waals surface area (Å²) in [5, 5.41) is 8.93. The molecule has 0 aromatic carbocycles. The first-order valence-corrected chi connectivity index (χ1v) is 12.7. The SMILES string of the molecule is CC(C)C[C@H](NC(=O)C1CC1)C(=O)N1C[C@H]2[C@@H]([C@H]1C(=O)N[C@H](C)C[C@@H]1CCNC1=O)C2(C)C. The molecule has 8 nitrogen and oxygen atoms in total. The van der Waals surface area contributed by atoms with Crippen molar-refractivity contribution in [3.8, 4) is 0 Å². The van der Waals surface area contributed by atoms with Gasteiger partial charge in [0.05, 0.1) is 0 Å². The first-order chi connectivity index (χ1) is 15.5. The molecule has 2 aliphatic heterocycles. The molecule has 0 radical (unpaired) electrons. The third kappa shape index (κ3) is 4.90. The molecule has 2 saturated carbocycles. The van der Waals surface area contributed by atoms with Crippen LogP contribution in [0.2, 0.25) is 0 Å². The van der Waals surface area contributed by atoms with Gasteiger partial charge in [-0.3, -0.25) is 19.2 Å². The molecular formula is C25H40N4O4. The van der Waals surface area contributed by atoms with E-state index in [2.05, 4.69) is 29.8 Å². The lowest BCUT2D eigenvalue weighted by Crippen LogP contribution is -2.57. The Hall–Kier alpha value is -2.12. The first-order valence-electron chi connectivity index (χ1n) is 12.7. The molecule has 0 bridgehead atoms. The van der Waals surface area contributed by atoms with Crippen LogP contribution >= 0.6 is 0 Å². The zero-order valence-electron chi connectivity index (χ0n) is 20.6. The van der Waals surface area contributed by atoms with Crippen molar-refractivity contribution in [2.24, 2.45) is 35.0 Å². The molecule has 2 heterocycles. The number of carbonyl (C=O) groups excluding carboxylic acids is 4. The van der Waals surface area contributed by atoms with E-state index in [9.17, 15) is 19.2 Å². The Morgan fingerprint density at radius 1 is 1.09 bits per heavy atom. The molecular weight excluding hydrogens is 420 g/mol. The maximum Gasteiger partial charge on any atom is 0.245 e. The Labute approximate surface area is 197 Å². The van der Waals surface area contributed by atoms with Crippen LogP contribution < -0.4 is 16.0 Å². The number of amides is 4. The van der Waals surface area contributed by atoms with Crippen molar-refractivity contribution in [2.75, 3.05) is 13.1 Å². The average molecular weight is 461 g/mol. The highest BCUT2D eigenvalue weighted by molar-refractivity contribution is 5.94. The van der Waals surface area contributed by atoms with E-state index in [4.69, 9.17) is 0 Å². The number of nitrogens with one attached hydrogen (secondary N) is 3. The maximum absolute atomic E-state index is 13.6. The lowest BCUT2D eigenvalue weighted by molar-refractivity contribution is -0.143. The van der Waals surface area contributed by atoms with E-state index in [1.54, 1.807) is 4.90 Å². The number of piperidine rings is 1. The Bertz CT molecular complexity index is 821. The van der Waals surface area contributed by atoms with E-state index >= 15 is 0 Å². The monoisotopic (exact) mass is 460 g/mol. The molecule has 4 fully saturated rings. The van der Waals surface area contributed by atoms with Gasteiger partial charge in [0.25, 0.3) is 0 Å². The van der Waals surface area contributed by atoms with Crippen LogP contribution in [0.5, 0.6) is 0 Å². The number of carbonyl (C=O) groups is 4. The summed E-state index contributed by atoms with van der Waals surface area (Å²) in [5.41, 5.74) is 0.0260. The molecule has 3 N–H and O–H groups in total. The van der Waals surface area contributed by atoms with Gasteiger partial charge in [0.2, 0.25) is 23.6 Å². The molecule has 184 valence electrons. The maximum atomic E-state index is 13.6. The minimum atomic E-state index is -0.589. The summed E-state index contributed by atoms with van der Waals surface area (Å²) in [5.74, 6) is 0.382. The number of nitrogens with zero attached hydrogens (tertiary/aromatic N) is 1. The third-order valence-corrected chi connectivity index (χ3v) is 8.22. The molecule has 4 aliphatic rings. The molecule has 0 unspecified atom stereocenters. The van der Waals surface area contributed by atoms with Crippen LogP contribution in [0.15, 0.2) is 0 Å². The van der Waals surface area contributed by atoms with Crippen LogP contribution in [0, 0.1) is 35.0 Å². The molecule has 8 heteroatoms. The van der Waals surface area contributed by atoms with E-state index in [-0.39, 0.29) is 58.8 Å². The predicted molar refractivity (Wildman–Crippen MR) is 124 cm³/mol. The van der Waals surface area contributed by atoms with Gasteiger partial charge < -0.3 is 20.9 Å². The van der Waals surface area contributed by atoms with E-state index in [0.717, 1.165) is 19.3 Å². The minimum Gasteiger partial charge on any atom is -0.356 e. The Kier molecular flexibility index (Phi) is 6.49. The van der Waals surface area contributed by atoms with Crippen molar-refractivity contribution in [1.29, 1.82) is 0 Å². The van der Waals surface area contributed by atoms with Gasteiger partial charge >= 0.3 is 0 Å². The molecule has 2 saturated heterocycles. The summed E-state index contributed by atoms with van der Waals surface area (Å²) in [7, 11) is 0.